The second-order valence-electron chi connectivity index (χ2n) is 18.5. The van der Waals surface area contributed by atoms with Gasteiger partial charge < -0.3 is 35.0 Å². The monoisotopic (exact) mass is 889 g/mol. The number of hydrogen-bond acceptors (Lipinski definition) is 14. The van der Waals surface area contributed by atoms with Crippen molar-refractivity contribution in [3.63, 3.8) is 0 Å². The van der Waals surface area contributed by atoms with Crippen LogP contribution in [0.5, 0.6) is 11.5 Å². The van der Waals surface area contributed by atoms with Crippen molar-refractivity contribution in [1.29, 1.82) is 0 Å². The molecule has 8 rings (SSSR count). The number of methoxy groups -OCH3 is 2. The third-order valence-electron chi connectivity index (χ3n) is 11.4. The first kappa shape index (κ1) is 50.0. The van der Waals surface area contributed by atoms with Crippen LogP contribution < -0.4 is 39.0 Å². The number of rotatable bonds is 2. The number of likely N-dealkylation sites (tertiary alicyclic amines) is 2. The van der Waals surface area contributed by atoms with Crippen LogP contribution in [0.25, 0.3) is 21.8 Å². The van der Waals surface area contributed by atoms with Crippen LogP contribution in [-0.4, -0.2) is 125 Å². The van der Waals surface area contributed by atoms with Crippen LogP contribution in [0.3, 0.4) is 0 Å². The van der Waals surface area contributed by atoms with E-state index in [9.17, 15) is 29.1 Å². The molecule has 5 atom stereocenters. The Bertz CT molecular complexity index is 2500. The van der Waals surface area contributed by atoms with Crippen LogP contribution in [-0.2, 0) is 28.5 Å². The number of esters is 2. The number of hydrogen-bond donors (Lipinski definition) is 1. The molecule has 0 bridgehead atoms. The zero-order valence-corrected chi connectivity index (χ0v) is 40.4. The Balaban J connectivity index is 0.000000272. The molecular weight excluding hydrogens is 834 g/mol. The van der Waals surface area contributed by atoms with E-state index in [4.69, 9.17) is 28.4 Å². The molecule has 2 fully saturated rings. The van der Waals surface area contributed by atoms with Gasteiger partial charge in [0, 0.05) is 44.0 Å². The Morgan fingerprint density at radius 3 is 1.67 bits per heavy atom. The molecule has 2 saturated heterocycles. The Kier molecular flexibility index (Phi) is 14.5. The summed E-state index contributed by atoms with van der Waals surface area (Å²) in [5.41, 5.74) is 0.496. The number of ketones is 1. The van der Waals surface area contributed by atoms with Gasteiger partial charge in [-0.15, -0.1) is 0 Å². The van der Waals surface area contributed by atoms with Gasteiger partial charge in [-0.3, -0.25) is 14.6 Å². The molecule has 2 spiro atoms. The van der Waals surface area contributed by atoms with Crippen LogP contribution in [0, 0.1) is 13.8 Å². The maximum absolute atomic E-state index is 13.3. The summed E-state index contributed by atoms with van der Waals surface area (Å²) < 4.78 is 33.7. The number of nitrogens with zero attached hydrogens (tertiary/aromatic N) is 4. The van der Waals surface area contributed by atoms with Crippen molar-refractivity contribution in [2.45, 2.75) is 122 Å². The van der Waals surface area contributed by atoms with Crippen LogP contribution >= 0.6 is 0 Å². The minimum absolute atomic E-state index is 0. The summed E-state index contributed by atoms with van der Waals surface area (Å²) in [6.07, 6.45) is -1.47. The molecule has 18 heteroatoms. The van der Waals surface area contributed by atoms with Crippen molar-refractivity contribution in [2.75, 3.05) is 27.3 Å². The average molecular weight is 890 g/mol. The number of aliphatic hydroxyl groups is 1. The number of amides is 2. The number of carbonyl (C=O) groups is 5. The second kappa shape index (κ2) is 18.5. The predicted molar refractivity (Wildman–Crippen MR) is 232 cm³/mol. The first-order chi connectivity index (χ1) is 29.1. The van der Waals surface area contributed by atoms with E-state index in [0.717, 1.165) is 21.8 Å². The first-order valence-electron chi connectivity index (χ1n) is 20.6. The second-order valence-corrected chi connectivity index (χ2v) is 18.5. The van der Waals surface area contributed by atoms with Crippen molar-refractivity contribution in [2.24, 2.45) is 0 Å². The molecule has 3 unspecified atom stereocenters. The van der Waals surface area contributed by atoms with Gasteiger partial charge in [0.25, 0.3) is 0 Å². The maximum Gasteiger partial charge on any atom is 1.00 e. The van der Waals surface area contributed by atoms with Crippen LogP contribution in [0.15, 0.2) is 48.5 Å². The maximum atomic E-state index is 13.3. The van der Waals surface area contributed by atoms with E-state index in [2.05, 4.69) is 9.97 Å². The molecule has 1 N–H and O–H groups in total. The third-order valence-corrected chi connectivity index (χ3v) is 11.4. The predicted octanol–water partition coefficient (Wildman–Crippen LogP) is 3.45. The van der Waals surface area contributed by atoms with E-state index in [-0.39, 0.29) is 84.0 Å². The van der Waals surface area contributed by atoms with Gasteiger partial charge >= 0.3 is 53.7 Å². The molecule has 64 heavy (non-hydrogen) atoms. The fourth-order valence-corrected chi connectivity index (χ4v) is 8.91. The number of aryl methyl sites for hydroxylation is 2. The molecule has 4 aromatic rings. The summed E-state index contributed by atoms with van der Waals surface area (Å²) >= 11 is 0. The number of ether oxygens (including phenoxy) is 6. The van der Waals surface area contributed by atoms with Crippen LogP contribution in [0.4, 0.5) is 9.59 Å². The molecule has 0 saturated carbocycles. The zero-order valence-electron chi connectivity index (χ0n) is 39.4. The zero-order chi connectivity index (χ0) is 45.1. The number of pyridine rings is 2. The fourth-order valence-electron chi connectivity index (χ4n) is 8.91. The first-order valence-corrected chi connectivity index (χ1v) is 20.6. The van der Waals surface area contributed by atoms with Crippen LogP contribution in [0.2, 0.25) is 0 Å². The Hall–Kier alpha value is -4.97. The van der Waals surface area contributed by atoms with Gasteiger partial charge in [-0.2, -0.15) is 0 Å². The van der Waals surface area contributed by atoms with Gasteiger partial charge in [-0.1, -0.05) is 36.4 Å². The van der Waals surface area contributed by atoms with Crippen molar-refractivity contribution in [1.82, 2.24) is 19.8 Å². The fraction of sp³-hybridized carbons (Fsp3) is 0.500. The van der Waals surface area contributed by atoms with Crippen molar-refractivity contribution >= 4 is 60.1 Å². The summed E-state index contributed by atoms with van der Waals surface area (Å²) in [6, 6.07) is 13.3. The molecule has 16 nitrogen and oxygen atoms in total. The van der Waals surface area contributed by atoms with Crippen molar-refractivity contribution in [3.8, 4) is 11.5 Å². The van der Waals surface area contributed by atoms with E-state index < -0.39 is 64.7 Å². The summed E-state index contributed by atoms with van der Waals surface area (Å²) in [4.78, 5) is 75.8. The van der Waals surface area contributed by atoms with Crippen molar-refractivity contribution in [3.05, 3.63) is 71.0 Å². The minimum Gasteiger partial charge on any atom is -1.00 e. The van der Waals surface area contributed by atoms with Crippen LogP contribution in [0.1, 0.15) is 102 Å². The molecule has 2 aromatic heterocycles. The van der Waals surface area contributed by atoms with E-state index in [1.54, 1.807) is 48.5 Å². The van der Waals surface area contributed by atoms with Gasteiger partial charge in [0.15, 0.2) is 11.5 Å². The summed E-state index contributed by atoms with van der Waals surface area (Å²) in [5, 5.41) is 12.7. The quantitative estimate of drug-likeness (QED) is 0.175. The largest absolute Gasteiger partial charge is 1.00 e. The SMILES string of the molecule is COC(=O)[C@@H]1CC2(CC(=O)c3c(c(C)nc4ccccc34)O2)CN1C(=O)OC(C)(C)C.COC(=O)[C@@H]1CC2(CC(O)c3c(c(C)nc4ccccc34)O2)CN1C(=O)OC(C)(C)C.[B].[H-].[Na+]. The summed E-state index contributed by atoms with van der Waals surface area (Å²) in [6.45, 7) is 14.3. The number of fused-ring (bicyclic) bond motifs is 6. The topological polar surface area (TPSA) is 193 Å². The third kappa shape index (κ3) is 9.82. The number of aromatic nitrogens is 2. The number of Topliss-reactive ketones (excluding diaryl/α,β-unsaturated/α-hetero) is 1. The summed E-state index contributed by atoms with van der Waals surface area (Å²) in [5.74, 6) is -0.299. The minimum atomic E-state index is -1.05. The molecule has 4 aliphatic rings. The molecule has 2 amide bonds. The average Bonchev–Trinajstić information content (AvgIpc) is 3.75. The van der Waals surface area contributed by atoms with E-state index in [1.165, 1.54) is 24.0 Å². The van der Waals surface area contributed by atoms with Gasteiger partial charge in [0.05, 0.1) is 67.8 Å². The van der Waals surface area contributed by atoms with Gasteiger partial charge in [-0.05, 0) is 67.5 Å². The number of benzene rings is 2. The molecule has 4 aliphatic heterocycles. The van der Waals surface area contributed by atoms with Gasteiger partial charge in [0.2, 0.25) is 0 Å². The van der Waals surface area contributed by atoms with E-state index in [1.807, 2.05) is 55.5 Å². The molecule has 335 valence electrons. The molecule has 0 aliphatic carbocycles. The number of aliphatic hydroxyl groups excluding tert-OH is 1. The van der Waals surface area contributed by atoms with Gasteiger partial charge in [-0.25, -0.2) is 29.1 Å². The smallest absolute Gasteiger partial charge is 1.00 e. The van der Waals surface area contributed by atoms with E-state index in [0.29, 0.717) is 34.0 Å². The number of para-hydroxylation sites is 2. The number of carbonyl (C=O) groups excluding carboxylic acids is 5. The Labute approximate surface area is 398 Å². The Morgan fingerprint density at radius 2 is 1.16 bits per heavy atom. The van der Waals surface area contributed by atoms with Gasteiger partial charge in [0.1, 0.15) is 40.2 Å². The van der Waals surface area contributed by atoms with Crippen molar-refractivity contribution < 1.29 is 88.5 Å². The molecule has 2 aromatic carbocycles. The molecular formula is C46H55BN4NaO12. The van der Waals surface area contributed by atoms with E-state index >= 15 is 0 Å². The normalized spacial score (nSPS) is 23.4. The molecule has 6 heterocycles. The molecule has 3 radical (unpaired) electrons. The summed E-state index contributed by atoms with van der Waals surface area (Å²) in [7, 11) is 2.55. The standard InChI is InChI=1S/C23H28N2O6.C23H26N2O6.B.Na.H/c2*1-13-19-18(14-8-6-7-9-15(14)24-13)17(26)11-23(30-19)10-16(20(27)29-5)25(12-23)21(28)31-22(2,3)4;;;/h6-9,16-17,26H,10-12H2,1-5H3;6-9,16H,10-12H2,1-5H3;;;/q;;;+1;-1/t16-,17?,23?;16-,23?;;;/m00.../s1. The Morgan fingerprint density at radius 1 is 0.719 bits per heavy atom.